The van der Waals surface area contributed by atoms with Crippen LogP contribution in [0.2, 0.25) is 0 Å². The summed E-state index contributed by atoms with van der Waals surface area (Å²) in [5.74, 6) is -3.09. The summed E-state index contributed by atoms with van der Waals surface area (Å²) in [5, 5.41) is 28.3. The molecule has 13 heteroatoms. The molecule has 0 spiro atoms. The Hall–Kier alpha value is -7.73. The molecular weight excluding hydrogens is 848 g/mol. The molecule has 12 nitrogen and oxygen atoms in total. The van der Waals surface area contributed by atoms with Gasteiger partial charge in [-0.15, -0.1) is 9.52 Å². The minimum Gasteiger partial charge on any atom is -0.372 e. The topological polar surface area (TPSA) is 118 Å². The molecule has 67 heavy (non-hydrogen) atoms. The smallest absolute Gasteiger partial charge is 0.260 e. The van der Waals surface area contributed by atoms with Crippen LogP contribution >= 0.6 is 7.51 Å². The maximum Gasteiger partial charge on any atom is 0.260 e. The summed E-state index contributed by atoms with van der Waals surface area (Å²) in [4.78, 5) is 5.88. The molecule has 1 atom stereocenters. The predicted octanol–water partition coefficient (Wildman–Crippen LogP) is 12.7. The van der Waals surface area contributed by atoms with Crippen LogP contribution < -0.4 is 42.6 Å². The molecule has 0 radical (unpaired) electrons. The molecule has 8 aromatic carbocycles. The molecule has 8 aromatic rings. The van der Waals surface area contributed by atoms with Crippen molar-refractivity contribution in [2.24, 2.45) is 4.85 Å². The summed E-state index contributed by atoms with van der Waals surface area (Å²) in [7, 11) is 2.73. The summed E-state index contributed by atoms with van der Waals surface area (Å²) < 4.78 is 6.87. The van der Waals surface area contributed by atoms with Gasteiger partial charge in [0.25, 0.3) is 11.8 Å². The molecule has 0 amide bonds. The second kappa shape index (κ2) is 22.0. The molecule has 0 fully saturated rings. The molecule has 0 aromatic heterocycles. The molecule has 0 saturated carbocycles. The molecule has 8 N–H and O–H groups in total. The van der Waals surface area contributed by atoms with E-state index in [2.05, 4.69) is 163 Å². The van der Waals surface area contributed by atoms with Gasteiger partial charge in [-0.1, -0.05) is 146 Å². The van der Waals surface area contributed by atoms with Crippen molar-refractivity contribution in [1.82, 2.24) is 14.0 Å². The zero-order valence-corrected chi connectivity index (χ0v) is 38.9. The van der Waals surface area contributed by atoms with Gasteiger partial charge in [-0.25, -0.2) is 4.67 Å². The lowest BCUT2D eigenvalue weighted by Crippen LogP contribution is -2.78. The number of nitrogens with zero attached hydrogens (tertiary/aromatic N) is 4. The standard InChI is InChI=1S/C54H59N12P/c1-64(2)67(63-62-52-42-26-11-27-43-52,65(3)44-55-45-28-12-4-13-29-45)66(53(56-46-30-14-5-15-31-46,57-47-32-16-6-17-33-47)58-48-34-18-7-19-35-48)54(59-49-36-20-8-21-37-49,60-50-38-22-9-23-39-50)61-51-40-24-10-25-41-51/h4-43,55-62H,44H2,1-3H3. The number of anilines is 8. The van der Waals surface area contributed by atoms with E-state index in [9.17, 15) is 0 Å². The van der Waals surface area contributed by atoms with Crippen molar-refractivity contribution in [1.29, 1.82) is 0 Å². The molecule has 0 heterocycles. The average molecular weight is 907 g/mol. The Bertz CT molecular complexity index is 2390. The van der Waals surface area contributed by atoms with E-state index in [-0.39, 0.29) is 0 Å². The number of nitrogens with one attached hydrogen (secondary N) is 8. The Labute approximate surface area is 395 Å². The van der Waals surface area contributed by atoms with Crippen LogP contribution in [0, 0.1) is 0 Å². The number of para-hydroxylation sites is 8. The van der Waals surface area contributed by atoms with E-state index in [4.69, 9.17) is 4.85 Å². The molecule has 0 aliphatic heterocycles. The zero-order chi connectivity index (χ0) is 46.2. The molecule has 0 bridgehead atoms. The highest BCUT2D eigenvalue weighted by Crippen LogP contribution is 2.63. The van der Waals surface area contributed by atoms with E-state index in [0.717, 1.165) is 45.5 Å². The van der Waals surface area contributed by atoms with Gasteiger partial charge in [0.1, 0.15) is 0 Å². The Morgan fingerprint density at radius 3 is 0.836 bits per heavy atom. The van der Waals surface area contributed by atoms with Gasteiger partial charge < -0.3 is 37.2 Å². The lowest BCUT2D eigenvalue weighted by Gasteiger charge is -2.60. The van der Waals surface area contributed by atoms with E-state index >= 15 is 0 Å². The fraction of sp³-hybridized carbons (Fsp3) is 0.111. The first-order chi connectivity index (χ1) is 32.9. The number of rotatable bonds is 22. The van der Waals surface area contributed by atoms with E-state index in [1.807, 2.05) is 158 Å². The number of hydrogen-bond acceptors (Lipinski definition) is 8. The van der Waals surface area contributed by atoms with Crippen molar-refractivity contribution < 1.29 is 0 Å². The van der Waals surface area contributed by atoms with Gasteiger partial charge in [-0.2, -0.15) is 0 Å². The van der Waals surface area contributed by atoms with Crippen molar-refractivity contribution in [3.8, 4) is 0 Å². The van der Waals surface area contributed by atoms with Crippen molar-refractivity contribution in [2.75, 3.05) is 70.5 Å². The van der Waals surface area contributed by atoms with Gasteiger partial charge in [-0.05, 0) is 118 Å². The first-order valence-corrected chi connectivity index (χ1v) is 23.9. The second-order valence-corrected chi connectivity index (χ2v) is 19.2. The fourth-order valence-electron chi connectivity index (χ4n) is 7.88. The fourth-order valence-corrected chi connectivity index (χ4v) is 11.2. The summed E-state index contributed by atoms with van der Waals surface area (Å²) in [5.41, 5.74) is 10.3. The van der Waals surface area contributed by atoms with Crippen molar-refractivity contribution in [2.45, 2.75) is 11.8 Å². The Morgan fingerprint density at radius 1 is 0.343 bits per heavy atom. The molecule has 0 aliphatic rings. The zero-order valence-electron chi connectivity index (χ0n) is 38.0. The Balaban J connectivity index is 1.55. The monoisotopic (exact) mass is 906 g/mol. The molecular formula is C54H59N12P. The van der Waals surface area contributed by atoms with Crippen LogP contribution in [0.1, 0.15) is 0 Å². The van der Waals surface area contributed by atoms with E-state index in [0.29, 0.717) is 6.67 Å². The largest absolute Gasteiger partial charge is 0.372 e. The Kier molecular flexibility index (Phi) is 15.0. The highest BCUT2D eigenvalue weighted by Gasteiger charge is 2.60. The third kappa shape index (κ3) is 11.4. The van der Waals surface area contributed by atoms with E-state index < -0.39 is 19.3 Å². The summed E-state index contributed by atoms with van der Waals surface area (Å²) in [6.07, 6.45) is 0. The van der Waals surface area contributed by atoms with Crippen LogP contribution in [0.15, 0.2) is 248 Å². The van der Waals surface area contributed by atoms with Crippen LogP contribution in [0.3, 0.4) is 0 Å². The predicted molar refractivity (Wildman–Crippen MR) is 283 cm³/mol. The minimum atomic E-state index is -3.56. The number of benzene rings is 8. The third-order valence-corrected chi connectivity index (χ3v) is 14.5. The quantitative estimate of drug-likeness (QED) is 0.0189. The number of hydrogen-bond donors (Lipinski definition) is 8. The highest BCUT2D eigenvalue weighted by atomic mass is 31.2. The van der Waals surface area contributed by atoms with Crippen molar-refractivity contribution in [3.05, 3.63) is 243 Å². The van der Waals surface area contributed by atoms with E-state index in [1.54, 1.807) is 0 Å². The van der Waals surface area contributed by atoms with Gasteiger partial charge in [-0.3, -0.25) is 10.1 Å². The second-order valence-electron chi connectivity index (χ2n) is 16.0. The maximum atomic E-state index is 5.88. The highest BCUT2D eigenvalue weighted by molar-refractivity contribution is 7.59. The summed E-state index contributed by atoms with van der Waals surface area (Å²) >= 11 is 0. The van der Waals surface area contributed by atoms with Crippen molar-refractivity contribution >= 4 is 53.0 Å². The van der Waals surface area contributed by atoms with Gasteiger partial charge in [0, 0.05) is 39.8 Å². The average Bonchev–Trinajstić information content (AvgIpc) is 3.37. The van der Waals surface area contributed by atoms with Gasteiger partial charge in [0.15, 0.2) is 0 Å². The van der Waals surface area contributed by atoms with Gasteiger partial charge in [0.2, 0.25) is 7.51 Å². The third-order valence-electron chi connectivity index (χ3n) is 10.9. The molecule has 1 unspecified atom stereocenters. The molecule has 0 saturated heterocycles. The first kappa shape index (κ1) is 45.8. The maximum absolute atomic E-state index is 5.88. The van der Waals surface area contributed by atoms with Crippen LogP contribution in [0.25, 0.3) is 0 Å². The molecule has 8 rings (SSSR count). The normalized spacial score (nSPS) is 12.4. The Morgan fingerprint density at radius 2 is 0.582 bits per heavy atom. The molecule has 0 aliphatic carbocycles. The summed E-state index contributed by atoms with van der Waals surface area (Å²) in [6.45, 7) is 0.364. The van der Waals surface area contributed by atoms with Gasteiger partial charge >= 0.3 is 0 Å². The lowest BCUT2D eigenvalue weighted by atomic mass is 10.2. The van der Waals surface area contributed by atoms with Crippen LogP contribution in [0.4, 0.5) is 45.5 Å². The summed E-state index contributed by atoms with van der Waals surface area (Å²) in [6, 6.07) is 81.8. The molecule has 340 valence electrons. The van der Waals surface area contributed by atoms with Crippen LogP contribution in [-0.4, -0.2) is 53.6 Å². The lowest BCUT2D eigenvalue weighted by molar-refractivity contribution is 0.164. The van der Waals surface area contributed by atoms with Crippen LogP contribution in [0.5, 0.6) is 0 Å². The van der Waals surface area contributed by atoms with Gasteiger partial charge in [0.05, 0.1) is 12.4 Å². The van der Waals surface area contributed by atoms with Crippen molar-refractivity contribution in [3.63, 3.8) is 0 Å². The van der Waals surface area contributed by atoms with E-state index in [1.165, 1.54) is 0 Å². The minimum absolute atomic E-state index is 0.364. The van der Waals surface area contributed by atoms with Crippen LogP contribution in [-0.2, 0) is 0 Å². The SMILES string of the molecule is CN(C)P(=NNc1ccccc1)(N(C)CNc1ccccc1)N(C(Nc1ccccc1)(Nc1ccccc1)Nc1ccccc1)C(Nc1ccccc1)(Nc1ccccc1)Nc1ccccc1. The first-order valence-electron chi connectivity index (χ1n) is 22.3.